The molecule has 35 heavy (non-hydrogen) atoms. The van der Waals surface area contributed by atoms with Gasteiger partial charge in [-0.05, 0) is 59.9 Å². The van der Waals surface area contributed by atoms with Crippen LogP contribution in [0.15, 0.2) is 61.2 Å². The number of nitrogens with zero attached hydrogens (tertiary/aromatic N) is 3. The van der Waals surface area contributed by atoms with Crippen LogP contribution in [-0.4, -0.2) is 14.5 Å². The Morgan fingerprint density at radius 1 is 0.800 bits per heavy atom. The molecule has 186 valence electrons. The number of benzene rings is 1. The number of hydrogen-bond acceptors (Lipinski definition) is 2. The molecule has 0 N–H and O–H groups in total. The summed E-state index contributed by atoms with van der Waals surface area (Å²) in [6, 6.07) is 13.6. The molecule has 0 spiro atoms. The average Bonchev–Trinajstić information content (AvgIpc) is 3.21. The lowest BCUT2D eigenvalue weighted by Gasteiger charge is -2.37. The zero-order valence-corrected chi connectivity index (χ0v) is 22.4. The molecule has 3 aromatic heterocycles. The summed E-state index contributed by atoms with van der Waals surface area (Å²) in [6.45, 7) is 12.1. The zero-order chi connectivity index (χ0) is 24.8. The summed E-state index contributed by atoms with van der Waals surface area (Å²) < 4.78 is 2.35. The molecule has 0 amide bonds. The normalized spacial score (nSPS) is 14.0. The van der Waals surface area contributed by atoms with Gasteiger partial charge in [0.2, 0.25) is 0 Å². The van der Waals surface area contributed by atoms with Crippen LogP contribution in [0.2, 0.25) is 0 Å². The first-order valence-electron chi connectivity index (χ1n) is 13.7. The molecule has 4 rings (SSSR count). The lowest BCUT2D eigenvalue weighted by atomic mass is 9.68. The lowest BCUT2D eigenvalue weighted by molar-refractivity contribution is 0.218. The summed E-state index contributed by atoms with van der Waals surface area (Å²) in [5.41, 5.74) is 5.34. The smallest absolute Gasteiger partial charge is 0.0572 e. The summed E-state index contributed by atoms with van der Waals surface area (Å²) in [4.78, 5) is 8.74. The van der Waals surface area contributed by atoms with E-state index in [9.17, 15) is 0 Å². The second kappa shape index (κ2) is 11.4. The van der Waals surface area contributed by atoms with Gasteiger partial charge in [0.1, 0.15) is 0 Å². The van der Waals surface area contributed by atoms with Gasteiger partial charge < -0.3 is 4.57 Å². The van der Waals surface area contributed by atoms with Gasteiger partial charge in [-0.3, -0.25) is 9.97 Å². The topological polar surface area (TPSA) is 30.7 Å². The molecule has 0 radical (unpaired) electrons. The Balaban J connectivity index is 1.68. The largest absolute Gasteiger partial charge is 0.309 e. The zero-order valence-electron chi connectivity index (χ0n) is 22.4. The van der Waals surface area contributed by atoms with Crippen molar-refractivity contribution in [1.29, 1.82) is 0 Å². The number of rotatable bonds is 12. The van der Waals surface area contributed by atoms with Crippen LogP contribution in [0.5, 0.6) is 0 Å². The fraction of sp³-hybridized carbons (Fsp3) is 0.500. The van der Waals surface area contributed by atoms with Gasteiger partial charge in [-0.2, -0.15) is 0 Å². The van der Waals surface area contributed by atoms with E-state index < -0.39 is 0 Å². The third-order valence-corrected chi connectivity index (χ3v) is 7.98. The van der Waals surface area contributed by atoms with Crippen LogP contribution in [0.25, 0.3) is 27.5 Å². The Hall–Kier alpha value is -2.68. The minimum Gasteiger partial charge on any atom is -0.309 e. The first-order valence-corrected chi connectivity index (χ1v) is 13.7. The van der Waals surface area contributed by atoms with E-state index >= 15 is 0 Å². The van der Waals surface area contributed by atoms with Crippen LogP contribution in [-0.2, 0) is 0 Å². The van der Waals surface area contributed by atoms with E-state index in [0.717, 1.165) is 16.7 Å². The minimum absolute atomic E-state index is 0.292. The molecule has 4 aromatic rings. The predicted octanol–water partition coefficient (Wildman–Crippen LogP) is 9.48. The van der Waals surface area contributed by atoms with Crippen molar-refractivity contribution < 1.29 is 0 Å². The molecule has 3 nitrogen and oxygen atoms in total. The Kier molecular flexibility index (Phi) is 8.26. The van der Waals surface area contributed by atoms with Gasteiger partial charge in [0.25, 0.3) is 0 Å². The average molecular weight is 470 g/mol. The van der Waals surface area contributed by atoms with Crippen molar-refractivity contribution in [2.24, 2.45) is 11.3 Å². The molecule has 0 saturated carbocycles. The molecular weight excluding hydrogens is 426 g/mol. The molecule has 0 aliphatic rings. The van der Waals surface area contributed by atoms with E-state index in [1.165, 1.54) is 73.7 Å². The molecule has 2 unspecified atom stereocenters. The summed E-state index contributed by atoms with van der Waals surface area (Å²) in [7, 11) is 0. The van der Waals surface area contributed by atoms with Gasteiger partial charge in [-0.15, -0.1) is 0 Å². The van der Waals surface area contributed by atoms with Gasteiger partial charge >= 0.3 is 0 Å². The first-order chi connectivity index (χ1) is 17.0. The fourth-order valence-electron chi connectivity index (χ4n) is 5.82. The van der Waals surface area contributed by atoms with Crippen LogP contribution >= 0.6 is 0 Å². The van der Waals surface area contributed by atoms with Crippen LogP contribution in [0.1, 0.15) is 97.5 Å². The van der Waals surface area contributed by atoms with Gasteiger partial charge in [-0.25, -0.2) is 0 Å². The van der Waals surface area contributed by atoms with E-state index in [4.69, 9.17) is 0 Å². The van der Waals surface area contributed by atoms with Crippen molar-refractivity contribution in [1.82, 2.24) is 14.5 Å². The monoisotopic (exact) mass is 469 g/mol. The maximum atomic E-state index is 4.37. The summed E-state index contributed by atoms with van der Waals surface area (Å²) in [6.07, 6.45) is 18.1. The van der Waals surface area contributed by atoms with Crippen molar-refractivity contribution in [3.05, 3.63) is 66.7 Å². The minimum atomic E-state index is 0.292. The molecule has 3 heterocycles. The van der Waals surface area contributed by atoms with Crippen molar-refractivity contribution in [2.75, 3.05) is 0 Å². The van der Waals surface area contributed by atoms with Crippen molar-refractivity contribution in [2.45, 2.75) is 91.9 Å². The number of fused-ring (bicyclic) bond motifs is 3. The molecule has 1 aromatic carbocycles. The molecule has 0 bridgehead atoms. The second-order valence-electron chi connectivity index (χ2n) is 11.2. The third kappa shape index (κ3) is 5.60. The first kappa shape index (κ1) is 25.4. The third-order valence-electron chi connectivity index (χ3n) is 7.98. The van der Waals surface area contributed by atoms with Crippen molar-refractivity contribution in [3.63, 3.8) is 0 Å². The van der Waals surface area contributed by atoms with E-state index in [1.807, 2.05) is 24.8 Å². The Morgan fingerprint density at radius 3 is 1.97 bits per heavy atom. The Bertz CT molecular complexity index is 1170. The number of unbranched alkanes of at least 4 members (excludes halogenated alkanes) is 3. The van der Waals surface area contributed by atoms with Crippen LogP contribution < -0.4 is 0 Å². The molecule has 0 fully saturated rings. The SMILES string of the molecule is CCCCCC(C)CC(c1ccc(-n2c3ccncc3c3cnccc32)cc1)C(C)(C)CCCC. The summed E-state index contributed by atoms with van der Waals surface area (Å²) in [5.74, 6) is 1.33. The van der Waals surface area contributed by atoms with Gasteiger partial charge in [0, 0.05) is 41.2 Å². The van der Waals surface area contributed by atoms with Crippen LogP contribution in [0.3, 0.4) is 0 Å². The highest BCUT2D eigenvalue weighted by Crippen LogP contribution is 2.44. The van der Waals surface area contributed by atoms with Crippen LogP contribution in [0, 0.1) is 11.3 Å². The van der Waals surface area contributed by atoms with E-state index in [2.05, 4.69) is 85.6 Å². The molecule has 0 aliphatic carbocycles. The van der Waals surface area contributed by atoms with Gasteiger partial charge in [0.05, 0.1) is 11.0 Å². The number of pyridine rings is 2. The number of aromatic nitrogens is 3. The predicted molar refractivity (Wildman–Crippen MR) is 150 cm³/mol. The van der Waals surface area contributed by atoms with E-state index in [0.29, 0.717) is 11.3 Å². The van der Waals surface area contributed by atoms with Crippen molar-refractivity contribution >= 4 is 21.8 Å². The fourth-order valence-corrected chi connectivity index (χ4v) is 5.82. The second-order valence-corrected chi connectivity index (χ2v) is 11.2. The van der Waals surface area contributed by atoms with E-state index in [-0.39, 0.29) is 0 Å². The van der Waals surface area contributed by atoms with Crippen molar-refractivity contribution in [3.8, 4) is 5.69 Å². The highest BCUT2D eigenvalue weighted by atomic mass is 15.0. The Labute approximate surface area is 212 Å². The molecular formula is C32H43N3. The lowest BCUT2D eigenvalue weighted by Crippen LogP contribution is -2.24. The molecule has 3 heteroatoms. The summed E-state index contributed by atoms with van der Waals surface area (Å²) >= 11 is 0. The van der Waals surface area contributed by atoms with Crippen LogP contribution in [0.4, 0.5) is 0 Å². The number of hydrogen-bond donors (Lipinski definition) is 0. The molecule has 0 saturated heterocycles. The van der Waals surface area contributed by atoms with Gasteiger partial charge in [0.15, 0.2) is 0 Å². The van der Waals surface area contributed by atoms with Gasteiger partial charge in [-0.1, -0.05) is 85.3 Å². The molecule has 0 aliphatic heterocycles. The maximum Gasteiger partial charge on any atom is 0.0572 e. The summed E-state index contributed by atoms with van der Waals surface area (Å²) in [5, 5.41) is 2.30. The van der Waals surface area contributed by atoms with E-state index in [1.54, 1.807) is 0 Å². The maximum absolute atomic E-state index is 4.37. The Morgan fingerprint density at radius 2 is 1.40 bits per heavy atom. The molecule has 2 atom stereocenters. The quantitative estimate of drug-likeness (QED) is 0.193. The highest BCUT2D eigenvalue weighted by molar-refractivity contribution is 6.08. The highest BCUT2D eigenvalue weighted by Gasteiger charge is 2.31. The standard InChI is InChI=1S/C32H43N3/c1-6-8-10-11-24(3)21-29(32(4,5)18-9-7-2)25-12-14-26(15-13-25)35-30-16-19-33-22-27(30)28-23-34-20-17-31(28)35/h12-17,19-20,22-24,29H,6-11,18,21H2,1-5H3.